The van der Waals surface area contributed by atoms with Crippen LogP contribution in [0, 0.1) is 27.7 Å². The van der Waals surface area contributed by atoms with E-state index in [-0.39, 0.29) is 11.7 Å². The number of thiol groups is 1. The van der Waals surface area contributed by atoms with E-state index in [1.54, 1.807) is 4.90 Å². The van der Waals surface area contributed by atoms with Crippen LogP contribution in [-0.2, 0) is 11.3 Å². The summed E-state index contributed by atoms with van der Waals surface area (Å²) in [6.07, 6.45) is 0. The average Bonchev–Trinajstić information content (AvgIpc) is 2.30. The van der Waals surface area contributed by atoms with Crippen LogP contribution < -0.4 is 0 Å². The molecule has 0 aromatic heterocycles. The van der Waals surface area contributed by atoms with Gasteiger partial charge in [-0.2, -0.15) is 12.6 Å². The second kappa shape index (κ2) is 5.58. The Morgan fingerprint density at radius 3 is 2.06 bits per heavy atom. The zero-order valence-corrected chi connectivity index (χ0v) is 12.2. The Kier molecular flexibility index (Phi) is 4.63. The van der Waals surface area contributed by atoms with Crippen LogP contribution in [0.25, 0.3) is 0 Å². The summed E-state index contributed by atoms with van der Waals surface area (Å²) in [5.74, 6) is 0.325. The van der Waals surface area contributed by atoms with Gasteiger partial charge in [0.25, 0.3) is 0 Å². The number of nitrogens with zero attached hydrogens (tertiary/aromatic N) is 1. The molecule has 0 N–H and O–H groups in total. The smallest absolute Gasteiger partial charge is 0.232 e. The van der Waals surface area contributed by atoms with Crippen molar-refractivity contribution in [3.05, 3.63) is 33.9 Å². The molecule has 0 radical (unpaired) electrons. The highest BCUT2D eigenvalue weighted by molar-refractivity contribution is 7.81. The molecule has 1 aromatic rings. The van der Waals surface area contributed by atoms with Crippen LogP contribution in [0.15, 0.2) is 6.07 Å². The normalized spacial score (nSPS) is 10.5. The van der Waals surface area contributed by atoms with Crippen molar-refractivity contribution < 1.29 is 4.79 Å². The monoisotopic (exact) mass is 251 g/mol. The quantitative estimate of drug-likeness (QED) is 0.819. The molecule has 0 heterocycles. The summed E-state index contributed by atoms with van der Waals surface area (Å²) >= 11 is 4.02. The molecule has 0 fully saturated rings. The van der Waals surface area contributed by atoms with Crippen molar-refractivity contribution in [2.75, 3.05) is 12.8 Å². The van der Waals surface area contributed by atoms with Gasteiger partial charge in [-0.25, -0.2) is 0 Å². The van der Waals surface area contributed by atoms with Gasteiger partial charge in [-0.15, -0.1) is 0 Å². The highest BCUT2D eigenvalue weighted by Gasteiger charge is 2.13. The Morgan fingerprint density at radius 2 is 1.65 bits per heavy atom. The summed E-state index contributed by atoms with van der Waals surface area (Å²) in [5.41, 5.74) is 6.41. The van der Waals surface area contributed by atoms with E-state index >= 15 is 0 Å². The van der Waals surface area contributed by atoms with Crippen LogP contribution in [-0.4, -0.2) is 23.6 Å². The highest BCUT2D eigenvalue weighted by Crippen LogP contribution is 2.22. The van der Waals surface area contributed by atoms with E-state index in [9.17, 15) is 4.79 Å². The van der Waals surface area contributed by atoms with Crippen LogP contribution in [0.5, 0.6) is 0 Å². The van der Waals surface area contributed by atoms with Crippen molar-refractivity contribution in [2.45, 2.75) is 34.2 Å². The molecule has 2 nitrogen and oxygen atoms in total. The van der Waals surface area contributed by atoms with Crippen LogP contribution in [0.3, 0.4) is 0 Å². The minimum Gasteiger partial charge on any atom is -0.341 e. The third-order valence-corrected chi connectivity index (χ3v) is 3.75. The van der Waals surface area contributed by atoms with Crippen molar-refractivity contribution in [3.63, 3.8) is 0 Å². The fourth-order valence-electron chi connectivity index (χ4n) is 1.98. The molecule has 94 valence electrons. The highest BCUT2D eigenvalue weighted by atomic mass is 32.1. The molecule has 0 atom stereocenters. The first kappa shape index (κ1) is 14.1. The molecule has 0 aliphatic heterocycles. The van der Waals surface area contributed by atoms with Crippen LogP contribution in [0.1, 0.15) is 27.8 Å². The van der Waals surface area contributed by atoms with Gasteiger partial charge >= 0.3 is 0 Å². The maximum absolute atomic E-state index is 11.6. The van der Waals surface area contributed by atoms with E-state index in [0.29, 0.717) is 6.54 Å². The minimum absolute atomic E-state index is 0.0614. The lowest BCUT2D eigenvalue weighted by Gasteiger charge is -2.21. The van der Waals surface area contributed by atoms with Gasteiger partial charge in [-0.05, 0) is 55.5 Å². The fraction of sp³-hybridized carbons (Fsp3) is 0.500. The van der Waals surface area contributed by atoms with Crippen molar-refractivity contribution >= 4 is 18.5 Å². The molecule has 0 bridgehead atoms. The number of amides is 1. The van der Waals surface area contributed by atoms with Gasteiger partial charge in [0.2, 0.25) is 5.91 Å². The summed E-state index contributed by atoms with van der Waals surface area (Å²) < 4.78 is 0. The number of carbonyl (C=O) groups excluding carboxylic acids is 1. The number of aryl methyl sites for hydroxylation is 2. The maximum Gasteiger partial charge on any atom is 0.232 e. The van der Waals surface area contributed by atoms with E-state index in [1.807, 2.05) is 7.05 Å². The first-order chi connectivity index (χ1) is 7.88. The van der Waals surface area contributed by atoms with Crippen molar-refractivity contribution in [1.29, 1.82) is 0 Å². The predicted octanol–water partition coefficient (Wildman–Crippen LogP) is 2.81. The van der Waals surface area contributed by atoms with Gasteiger partial charge in [-0.3, -0.25) is 4.79 Å². The lowest BCUT2D eigenvalue weighted by Crippen LogP contribution is -2.28. The van der Waals surface area contributed by atoms with Crippen LogP contribution in [0.4, 0.5) is 0 Å². The Hall–Kier alpha value is -0.960. The van der Waals surface area contributed by atoms with Crippen molar-refractivity contribution in [1.82, 2.24) is 4.90 Å². The van der Waals surface area contributed by atoms with Gasteiger partial charge < -0.3 is 4.90 Å². The molecule has 1 rings (SSSR count). The molecule has 17 heavy (non-hydrogen) atoms. The fourth-order valence-corrected chi connectivity index (χ4v) is 2.22. The second-order valence-corrected chi connectivity index (χ2v) is 4.96. The number of carbonyl (C=O) groups is 1. The maximum atomic E-state index is 11.6. The van der Waals surface area contributed by atoms with Gasteiger partial charge in [0.15, 0.2) is 0 Å². The third-order valence-electron chi connectivity index (χ3n) is 3.48. The topological polar surface area (TPSA) is 20.3 Å². The Labute approximate surface area is 109 Å². The molecule has 0 aliphatic rings. The van der Waals surface area contributed by atoms with E-state index in [4.69, 9.17) is 0 Å². The molecular formula is C14H21NOS. The minimum atomic E-state index is 0.0614. The molecular weight excluding hydrogens is 230 g/mol. The van der Waals surface area contributed by atoms with Crippen molar-refractivity contribution in [2.24, 2.45) is 0 Å². The SMILES string of the molecule is Cc1cc(C)c(C)c(CN(C)C(=O)CS)c1C. The van der Waals surface area contributed by atoms with Gasteiger partial charge in [0.05, 0.1) is 5.75 Å². The standard InChI is InChI=1S/C14H21NOS/c1-9-6-10(2)12(4)13(11(9)3)7-15(5)14(16)8-17/h6,17H,7-8H2,1-5H3. The Balaban J connectivity index is 3.10. The molecule has 3 heteroatoms. The Bertz CT molecular complexity index is 414. The summed E-state index contributed by atoms with van der Waals surface area (Å²) in [6, 6.07) is 2.20. The second-order valence-electron chi connectivity index (χ2n) is 4.65. The molecule has 0 saturated carbocycles. The number of benzene rings is 1. The number of hydrogen-bond donors (Lipinski definition) is 1. The van der Waals surface area contributed by atoms with Crippen molar-refractivity contribution in [3.8, 4) is 0 Å². The van der Waals surface area contributed by atoms with Crippen LogP contribution in [0.2, 0.25) is 0 Å². The van der Waals surface area contributed by atoms with E-state index in [2.05, 4.69) is 46.4 Å². The zero-order chi connectivity index (χ0) is 13.2. The van der Waals surface area contributed by atoms with Crippen LogP contribution >= 0.6 is 12.6 Å². The molecule has 0 aliphatic carbocycles. The lowest BCUT2D eigenvalue weighted by molar-refractivity contribution is -0.127. The molecule has 0 saturated heterocycles. The van der Waals surface area contributed by atoms with Gasteiger partial charge in [0, 0.05) is 13.6 Å². The molecule has 1 amide bonds. The van der Waals surface area contributed by atoms with Gasteiger partial charge in [0.1, 0.15) is 0 Å². The predicted molar refractivity (Wildman–Crippen MR) is 75.7 cm³/mol. The summed E-state index contributed by atoms with van der Waals surface area (Å²) in [7, 11) is 1.83. The molecule has 1 aromatic carbocycles. The van der Waals surface area contributed by atoms with E-state index in [1.165, 1.54) is 27.8 Å². The third kappa shape index (κ3) is 3.03. The number of rotatable bonds is 3. The lowest BCUT2D eigenvalue weighted by atomic mass is 9.94. The van der Waals surface area contributed by atoms with E-state index < -0.39 is 0 Å². The largest absolute Gasteiger partial charge is 0.341 e. The number of hydrogen-bond acceptors (Lipinski definition) is 2. The average molecular weight is 251 g/mol. The summed E-state index contributed by atoms with van der Waals surface area (Å²) in [6.45, 7) is 9.14. The first-order valence-electron chi connectivity index (χ1n) is 5.79. The zero-order valence-electron chi connectivity index (χ0n) is 11.3. The van der Waals surface area contributed by atoms with Gasteiger partial charge in [-0.1, -0.05) is 6.07 Å². The van der Waals surface area contributed by atoms with E-state index in [0.717, 1.165) is 0 Å². The molecule has 0 unspecified atom stereocenters. The summed E-state index contributed by atoms with van der Waals surface area (Å²) in [5, 5.41) is 0. The molecule has 0 spiro atoms. The summed E-state index contributed by atoms with van der Waals surface area (Å²) in [4.78, 5) is 13.3. The Morgan fingerprint density at radius 1 is 1.18 bits per heavy atom. The first-order valence-corrected chi connectivity index (χ1v) is 6.42.